The molecular weight excluding hydrogens is 257 g/mol. The first-order valence-electron chi connectivity index (χ1n) is 5.44. The van der Waals surface area contributed by atoms with E-state index < -0.39 is 11.1 Å². The molecule has 18 heavy (non-hydrogen) atoms. The summed E-state index contributed by atoms with van der Waals surface area (Å²) in [6.07, 6.45) is 0.570. The summed E-state index contributed by atoms with van der Waals surface area (Å²) in [7, 11) is 0. The summed E-state index contributed by atoms with van der Waals surface area (Å²) in [4.78, 5) is 15.9. The van der Waals surface area contributed by atoms with E-state index in [1.165, 1.54) is 0 Å². The van der Waals surface area contributed by atoms with Gasteiger partial charge in [-0.05, 0) is 17.2 Å². The molecule has 0 fully saturated rings. The molecule has 0 spiro atoms. The van der Waals surface area contributed by atoms with Crippen molar-refractivity contribution in [3.05, 3.63) is 41.5 Å². The van der Waals surface area contributed by atoms with E-state index in [1.807, 2.05) is 0 Å². The second-order valence-electron chi connectivity index (χ2n) is 3.90. The van der Waals surface area contributed by atoms with Gasteiger partial charge >= 0.3 is 0 Å². The maximum Gasteiger partial charge on any atom is 0.226 e. The third-order valence-electron chi connectivity index (χ3n) is 2.67. The monoisotopic (exact) mass is 267 g/mol. The summed E-state index contributed by atoms with van der Waals surface area (Å²) in [5, 5.41) is 3.32. The third-order valence-corrected chi connectivity index (χ3v) is 2.80. The van der Waals surface area contributed by atoms with Crippen LogP contribution in [0.15, 0.2) is 29.9 Å². The van der Waals surface area contributed by atoms with Crippen molar-refractivity contribution in [2.75, 3.05) is 6.61 Å². The Morgan fingerprint density at radius 2 is 2.33 bits per heavy atom. The normalized spacial score (nSPS) is 14.0. The molecule has 0 aliphatic carbocycles. The highest BCUT2D eigenvalue weighted by Gasteiger charge is 2.19. The lowest BCUT2D eigenvalue weighted by atomic mass is 9.94. The predicted octanol–water partition coefficient (Wildman–Crippen LogP) is 3.06. The van der Waals surface area contributed by atoms with Gasteiger partial charge in [0.1, 0.15) is 12.4 Å². The average Bonchev–Trinajstić information content (AvgIpc) is 2.80. The molecule has 0 saturated carbocycles. The second kappa shape index (κ2) is 5.31. The van der Waals surface area contributed by atoms with Crippen LogP contribution in [-0.4, -0.2) is 17.6 Å². The van der Waals surface area contributed by atoms with Crippen molar-refractivity contribution in [2.45, 2.75) is 12.8 Å². The molecule has 0 saturated heterocycles. The van der Waals surface area contributed by atoms with Crippen molar-refractivity contribution < 1.29 is 14.0 Å². The molecule has 1 aliphatic rings. The van der Waals surface area contributed by atoms with Gasteiger partial charge in [0, 0.05) is 24.0 Å². The highest BCUT2D eigenvalue weighted by atomic mass is 35.5. The van der Waals surface area contributed by atoms with Gasteiger partial charge in [0.2, 0.25) is 5.24 Å². The van der Waals surface area contributed by atoms with Gasteiger partial charge in [-0.1, -0.05) is 29.9 Å². The molecule has 3 nitrogen and oxygen atoms in total. The molecule has 0 bridgehead atoms. The number of hydrogen-bond donors (Lipinski definition) is 0. The van der Waals surface area contributed by atoms with Crippen molar-refractivity contribution in [2.24, 2.45) is 5.16 Å². The van der Waals surface area contributed by atoms with E-state index in [4.69, 9.17) is 16.4 Å². The molecule has 5 heteroatoms. The molecule has 94 valence electrons. The Kier molecular flexibility index (Phi) is 3.77. The number of halogens is 2. The van der Waals surface area contributed by atoms with Crippen molar-refractivity contribution in [1.29, 1.82) is 0 Å². The van der Waals surface area contributed by atoms with Gasteiger partial charge in [0.15, 0.2) is 0 Å². The zero-order valence-electron chi connectivity index (χ0n) is 9.58. The van der Waals surface area contributed by atoms with E-state index in [1.54, 1.807) is 18.2 Å². The molecule has 2 rings (SSSR count). The van der Waals surface area contributed by atoms with E-state index in [9.17, 15) is 9.18 Å². The molecule has 0 amide bonds. The van der Waals surface area contributed by atoms with Gasteiger partial charge < -0.3 is 4.84 Å². The van der Waals surface area contributed by atoms with E-state index in [2.05, 4.69) is 11.7 Å². The molecule has 0 radical (unpaired) electrons. The Labute approximate surface area is 109 Å². The number of rotatable bonds is 4. The van der Waals surface area contributed by atoms with E-state index in [0.29, 0.717) is 29.9 Å². The van der Waals surface area contributed by atoms with Crippen molar-refractivity contribution in [3.63, 3.8) is 0 Å². The lowest BCUT2D eigenvalue weighted by molar-refractivity contribution is -0.111. The molecule has 1 aromatic carbocycles. The average molecular weight is 268 g/mol. The highest BCUT2D eigenvalue weighted by molar-refractivity contribution is 6.63. The van der Waals surface area contributed by atoms with Gasteiger partial charge in [0.05, 0.1) is 5.71 Å². The summed E-state index contributed by atoms with van der Waals surface area (Å²) in [6.45, 7) is 3.79. The minimum atomic E-state index is -0.604. The van der Waals surface area contributed by atoms with Crippen LogP contribution in [-0.2, 0) is 16.1 Å². The number of carbonyl (C=O) groups excluding carboxylic acids is 1. The minimum absolute atomic E-state index is 0.0399. The molecular formula is C13H11ClFNO2. The summed E-state index contributed by atoms with van der Waals surface area (Å²) < 4.78 is 13.6. The molecule has 1 heterocycles. The van der Waals surface area contributed by atoms with Crippen LogP contribution in [0.1, 0.15) is 23.1 Å². The van der Waals surface area contributed by atoms with Gasteiger partial charge in [-0.3, -0.25) is 4.79 Å². The maximum absolute atomic E-state index is 13.6. The summed E-state index contributed by atoms with van der Waals surface area (Å²) in [5.74, 6) is -0.604. The number of hydrogen-bond acceptors (Lipinski definition) is 3. The van der Waals surface area contributed by atoms with Crippen LogP contribution in [0.25, 0.3) is 5.83 Å². The van der Waals surface area contributed by atoms with Crippen molar-refractivity contribution in [1.82, 2.24) is 0 Å². The number of oxime groups is 1. The first-order valence-corrected chi connectivity index (χ1v) is 5.81. The number of nitrogens with zero attached hydrogens (tertiary/aromatic N) is 1. The first kappa shape index (κ1) is 12.8. The van der Waals surface area contributed by atoms with Crippen LogP contribution in [0, 0.1) is 0 Å². The zero-order chi connectivity index (χ0) is 13.1. The van der Waals surface area contributed by atoms with E-state index in [-0.39, 0.29) is 12.0 Å². The van der Waals surface area contributed by atoms with Gasteiger partial charge in [-0.15, -0.1) is 0 Å². The molecule has 0 aromatic heterocycles. The molecule has 0 unspecified atom stereocenters. The Hall–Kier alpha value is -1.68. The third kappa shape index (κ3) is 2.59. The Morgan fingerprint density at radius 3 is 2.89 bits per heavy atom. The second-order valence-corrected chi connectivity index (χ2v) is 4.32. The number of carbonyl (C=O) groups is 1. The Balaban J connectivity index is 2.52. The minimum Gasteiger partial charge on any atom is -0.395 e. The molecule has 0 N–H and O–H groups in total. The smallest absolute Gasteiger partial charge is 0.226 e. The fourth-order valence-corrected chi connectivity index (χ4v) is 2.10. The lowest BCUT2D eigenvalue weighted by Crippen LogP contribution is -2.06. The fourth-order valence-electron chi connectivity index (χ4n) is 1.95. The van der Waals surface area contributed by atoms with Crippen LogP contribution in [0.4, 0.5) is 4.39 Å². The SMILES string of the molecule is C=C(F)c1c(CC(=O)Cl)cccc1C1=NOCC1. The van der Waals surface area contributed by atoms with Crippen molar-refractivity contribution >= 4 is 28.4 Å². The molecule has 1 aromatic rings. The summed E-state index contributed by atoms with van der Waals surface area (Å²) >= 11 is 5.36. The first-order chi connectivity index (χ1) is 8.59. The standard InChI is InChI=1S/C13H11ClFNO2/c1-8(15)13-9(7-12(14)17)3-2-4-10(13)11-5-6-18-16-11/h2-4H,1,5-7H2. The van der Waals surface area contributed by atoms with Crippen LogP contribution in [0.3, 0.4) is 0 Å². The van der Waals surface area contributed by atoms with E-state index in [0.717, 1.165) is 0 Å². The van der Waals surface area contributed by atoms with E-state index >= 15 is 0 Å². The molecule has 1 aliphatic heterocycles. The Bertz CT molecular complexity index is 540. The van der Waals surface area contributed by atoms with Gasteiger partial charge in [-0.25, -0.2) is 4.39 Å². The van der Waals surface area contributed by atoms with Gasteiger partial charge in [-0.2, -0.15) is 0 Å². The Morgan fingerprint density at radius 1 is 1.56 bits per heavy atom. The maximum atomic E-state index is 13.6. The predicted molar refractivity (Wildman–Crippen MR) is 68.3 cm³/mol. The fraction of sp³-hybridized carbons (Fsp3) is 0.231. The largest absolute Gasteiger partial charge is 0.395 e. The van der Waals surface area contributed by atoms with Crippen LogP contribution >= 0.6 is 11.6 Å². The summed E-state index contributed by atoms with van der Waals surface area (Å²) in [5.41, 5.74) is 2.06. The zero-order valence-corrected chi connectivity index (χ0v) is 10.3. The van der Waals surface area contributed by atoms with Crippen molar-refractivity contribution in [3.8, 4) is 0 Å². The number of benzene rings is 1. The van der Waals surface area contributed by atoms with Crippen LogP contribution in [0.2, 0.25) is 0 Å². The quantitative estimate of drug-likeness (QED) is 0.787. The highest BCUT2D eigenvalue weighted by Crippen LogP contribution is 2.27. The van der Waals surface area contributed by atoms with Crippen LogP contribution < -0.4 is 0 Å². The molecule has 0 atom stereocenters. The van der Waals surface area contributed by atoms with Crippen LogP contribution in [0.5, 0.6) is 0 Å². The summed E-state index contributed by atoms with van der Waals surface area (Å²) in [6, 6.07) is 5.12. The topological polar surface area (TPSA) is 38.7 Å². The van der Waals surface area contributed by atoms with Gasteiger partial charge in [0.25, 0.3) is 0 Å². The lowest BCUT2D eigenvalue weighted by Gasteiger charge is -2.11.